The van der Waals surface area contributed by atoms with E-state index in [1.165, 1.54) is 12.1 Å². The van der Waals surface area contributed by atoms with Gasteiger partial charge in [0, 0.05) is 18.8 Å². The number of anilines is 1. The molecule has 1 saturated heterocycles. The first-order valence-corrected chi connectivity index (χ1v) is 4.71. The fraction of sp³-hybridized carbons (Fsp3) is 0.400. The van der Waals surface area contributed by atoms with Gasteiger partial charge in [-0.05, 0) is 12.1 Å². The molecule has 0 radical (unpaired) electrons. The van der Waals surface area contributed by atoms with Crippen LogP contribution >= 0.6 is 0 Å². The summed E-state index contributed by atoms with van der Waals surface area (Å²) in [5, 5.41) is 5.87. The molecular formula is C10H11F3N2. The molecule has 0 amide bonds. The Morgan fingerprint density at radius 3 is 2.40 bits per heavy atom. The maximum atomic E-state index is 12.6. The van der Waals surface area contributed by atoms with Crippen LogP contribution in [0.1, 0.15) is 5.56 Å². The normalized spacial score (nSPS) is 17.3. The van der Waals surface area contributed by atoms with Gasteiger partial charge in [0.15, 0.2) is 0 Å². The molecule has 0 atom stereocenters. The van der Waals surface area contributed by atoms with Gasteiger partial charge in [-0.25, -0.2) is 0 Å². The van der Waals surface area contributed by atoms with Gasteiger partial charge in [0.25, 0.3) is 0 Å². The predicted octanol–water partition coefficient (Wildman–Crippen LogP) is 2.09. The summed E-state index contributed by atoms with van der Waals surface area (Å²) in [5.74, 6) is 0. The molecule has 15 heavy (non-hydrogen) atoms. The van der Waals surface area contributed by atoms with E-state index in [-0.39, 0.29) is 11.7 Å². The van der Waals surface area contributed by atoms with Crippen LogP contribution in [0.4, 0.5) is 18.9 Å². The Hall–Kier alpha value is -1.23. The highest BCUT2D eigenvalue weighted by Gasteiger charge is 2.33. The summed E-state index contributed by atoms with van der Waals surface area (Å²) in [4.78, 5) is 0. The van der Waals surface area contributed by atoms with Gasteiger partial charge in [0.05, 0.1) is 11.6 Å². The Morgan fingerprint density at radius 2 is 1.87 bits per heavy atom. The summed E-state index contributed by atoms with van der Waals surface area (Å²) in [6, 6.07) is 5.65. The molecule has 0 aliphatic carbocycles. The highest BCUT2D eigenvalue weighted by atomic mass is 19.4. The third-order valence-corrected chi connectivity index (χ3v) is 2.37. The zero-order valence-corrected chi connectivity index (χ0v) is 7.93. The lowest BCUT2D eigenvalue weighted by molar-refractivity contribution is -0.137. The third kappa shape index (κ3) is 2.23. The van der Waals surface area contributed by atoms with Crippen LogP contribution in [0.25, 0.3) is 0 Å². The predicted molar refractivity (Wildman–Crippen MR) is 51.7 cm³/mol. The summed E-state index contributed by atoms with van der Waals surface area (Å²) in [5.41, 5.74) is -0.437. The summed E-state index contributed by atoms with van der Waals surface area (Å²) >= 11 is 0. The van der Waals surface area contributed by atoms with Gasteiger partial charge in [-0.3, -0.25) is 0 Å². The topological polar surface area (TPSA) is 24.1 Å². The van der Waals surface area contributed by atoms with Crippen molar-refractivity contribution in [1.82, 2.24) is 5.32 Å². The zero-order valence-electron chi connectivity index (χ0n) is 7.93. The van der Waals surface area contributed by atoms with Crippen molar-refractivity contribution in [3.8, 4) is 0 Å². The molecule has 2 nitrogen and oxygen atoms in total. The first-order chi connectivity index (χ1) is 7.07. The fourth-order valence-corrected chi connectivity index (χ4v) is 1.47. The summed E-state index contributed by atoms with van der Waals surface area (Å²) < 4.78 is 37.7. The van der Waals surface area contributed by atoms with E-state index in [0.717, 1.165) is 6.07 Å². The third-order valence-electron chi connectivity index (χ3n) is 2.37. The van der Waals surface area contributed by atoms with Crippen LogP contribution in [-0.4, -0.2) is 19.1 Å². The first-order valence-electron chi connectivity index (χ1n) is 4.71. The molecule has 2 N–H and O–H groups in total. The van der Waals surface area contributed by atoms with Crippen LogP contribution in [0, 0.1) is 0 Å². The van der Waals surface area contributed by atoms with E-state index in [1.807, 2.05) is 0 Å². The molecular weight excluding hydrogens is 205 g/mol. The quantitative estimate of drug-likeness (QED) is 0.791. The van der Waals surface area contributed by atoms with E-state index in [9.17, 15) is 13.2 Å². The Morgan fingerprint density at radius 1 is 1.20 bits per heavy atom. The lowest BCUT2D eigenvalue weighted by Crippen LogP contribution is -2.51. The van der Waals surface area contributed by atoms with Crippen molar-refractivity contribution in [2.45, 2.75) is 12.2 Å². The number of hydrogen-bond acceptors (Lipinski definition) is 2. The van der Waals surface area contributed by atoms with E-state index in [2.05, 4.69) is 10.6 Å². The minimum atomic E-state index is -4.29. The minimum Gasteiger partial charge on any atom is -0.379 e. The van der Waals surface area contributed by atoms with E-state index in [0.29, 0.717) is 13.1 Å². The van der Waals surface area contributed by atoms with Crippen molar-refractivity contribution in [3.05, 3.63) is 29.8 Å². The molecule has 1 aromatic rings. The molecule has 82 valence electrons. The molecule has 1 fully saturated rings. The molecule has 1 aliphatic rings. The SMILES string of the molecule is FC(F)(F)c1ccccc1NC1CNC1. The number of rotatable bonds is 2. The summed E-state index contributed by atoms with van der Waals surface area (Å²) in [6.07, 6.45) is -4.29. The monoisotopic (exact) mass is 216 g/mol. The lowest BCUT2D eigenvalue weighted by atomic mass is 10.1. The minimum absolute atomic E-state index is 0.105. The molecule has 1 aliphatic heterocycles. The maximum absolute atomic E-state index is 12.6. The van der Waals surface area contributed by atoms with Crippen LogP contribution < -0.4 is 10.6 Å². The summed E-state index contributed by atoms with van der Waals surface area (Å²) in [6.45, 7) is 1.43. The number of para-hydroxylation sites is 1. The largest absolute Gasteiger partial charge is 0.418 e. The lowest BCUT2D eigenvalue weighted by Gasteiger charge is -2.30. The molecule has 0 spiro atoms. The van der Waals surface area contributed by atoms with Crippen LogP contribution in [-0.2, 0) is 6.18 Å². The molecule has 5 heteroatoms. The van der Waals surface area contributed by atoms with Gasteiger partial charge < -0.3 is 10.6 Å². The standard InChI is InChI=1S/C10H11F3N2/c11-10(12,13)8-3-1-2-4-9(8)15-7-5-14-6-7/h1-4,7,14-15H,5-6H2. The number of alkyl halides is 3. The zero-order chi connectivity index (χ0) is 10.9. The van der Waals surface area contributed by atoms with Gasteiger partial charge in [0.2, 0.25) is 0 Å². The van der Waals surface area contributed by atoms with Gasteiger partial charge in [-0.1, -0.05) is 12.1 Å². The second-order valence-electron chi connectivity index (χ2n) is 3.54. The van der Waals surface area contributed by atoms with E-state index >= 15 is 0 Å². The van der Waals surface area contributed by atoms with Crippen molar-refractivity contribution in [1.29, 1.82) is 0 Å². The number of benzene rings is 1. The second kappa shape index (κ2) is 3.73. The Labute approximate surface area is 85.5 Å². The Balaban J connectivity index is 2.21. The molecule has 1 heterocycles. The van der Waals surface area contributed by atoms with E-state index in [1.54, 1.807) is 6.07 Å². The number of halogens is 3. The van der Waals surface area contributed by atoms with Gasteiger partial charge in [-0.15, -0.1) is 0 Å². The summed E-state index contributed by atoms with van der Waals surface area (Å²) in [7, 11) is 0. The molecule has 0 saturated carbocycles. The molecule has 1 aromatic carbocycles. The van der Waals surface area contributed by atoms with Gasteiger partial charge >= 0.3 is 6.18 Å². The number of hydrogen-bond donors (Lipinski definition) is 2. The van der Waals surface area contributed by atoms with Gasteiger partial charge in [-0.2, -0.15) is 13.2 Å². The fourth-order valence-electron chi connectivity index (χ4n) is 1.47. The van der Waals surface area contributed by atoms with Crippen molar-refractivity contribution in [2.24, 2.45) is 0 Å². The average Bonchev–Trinajstić information content (AvgIpc) is 2.10. The van der Waals surface area contributed by atoms with Crippen molar-refractivity contribution in [2.75, 3.05) is 18.4 Å². The van der Waals surface area contributed by atoms with E-state index < -0.39 is 11.7 Å². The highest BCUT2D eigenvalue weighted by molar-refractivity contribution is 5.53. The van der Waals surface area contributed by atoms with Crippen LogP contribution in [0.15, 0.2) is 24.3 Å². The Bertz CT molecular complexity index is 345. The van der Waals surface area contributed by atoms with Crippen molar-refractivity contribution in [3.63, 3.8) is 0 Å². The van der Waals surface area contributed by atoms with Crippen LogP contribution in [0.5, 0.6) is 0 Å². The smallest absolute Gasteiger partial charge is 0.379 e. The van der Waals surface area contributed by atoms with Crippen molar-refractivity contribution < 1.29 is 13.2 Å². The Kier molecular flexibility index (Phi) is 2.56. The average molecular weight is 216 g/mol. The van der Waals surface area contributed by atoms with E-state index in [4.69, 9.17) is 0 Å². The second-order valence-corrected chi connectivity index (χ2v) is 3.54. The highest BCUT2D eigenvalue weighted by Crippen LogP contribution is 2.34. The maximum Gasteiger partial charge on any atom is 0.418 e. The molecule has 2 rings (SSSR count). The number of nitrogens with one attached hydrogen (secondary N) is 2. The molecule has 0 unspecified atom stereocenters. The van der Waals surface area contributed by atoms with Crippen molar-refractivity contribution >= 4 is 5.69 Å². The molecule has 0 aromatic heterocycles. The van der Waals surface area contributed by atoms with Crippen LogP contribution in [0.2, 0.25) is 0 Å². The van der Waals surface area contributed by atoms with Gasteiger partial charge in [0.1, 0.15) is 0 Å². The molecule has 0 bridgehead atoms. The first kappa shape index (κ1) is 10.3. The van der Waals surface area contributed by atoms with Crippen LogP contribution in [0.3, 0.4) is 0 Å².